The van der Waals surface area contributed by atoms with Crippen molar-refractivity contribution in [1.82, 2.24) is 10.2 Å². The molecule has 0 saturated carbocycles. The van der Waals surface area contributed by atoms with Gasteiger partial charge in [-0.1, -0.05) is 6.92 Å². The highest BCUT2D eigenvalue weighted by Gasteiger charge is 2.23. The van der Waals surface area contributed by atoms with Crippen molar-refractivity contribution in [2.75, 3.05) is 26.2 Å². The molecular weight excluding hydrogens is 262 g/mol. The molecule has 4 nitrogen and oxygen atoms in total. The maximum Gasteiger partial charge on any atom is 0.234 e. The molecule has 1 aliphatic heterocycles. The van der Waals surface area contributed by atoms with Crippen LogP contribution < -0.4 is 11.1 Å². The van der Waals surface area contributed by atoms with E-state index < -0.39 is 0 Å². The van der Waals surface area contributed by atoms with Crippen LogP contribution >= 0.6 is 12.4 Å². The Hall–Kier alpha value is -0.320. The van der Waals surface area contributed by atoms with Crippen molar-refractivity contribution in [1.29, 1.82) is 0 Å². The highest BCUT2D eigenvalue weighted by Crippen LogP contribution is 2.18. The van der Waals surface area contributed by atoms with Crippen LogP contribution in [0.25, 0.3) is 0 Å². The summed E-state index contributed by atoms with van der Waals surface area (Å²) in [6, 6.07) is 0. The number of hydrogen-bond donors (Lipinski definition) is 2. The van der Waals surface area contributed by atoms with Gasteiger partial charge in [-0.25, -0.2) is 0 Å². The van der Waals surface area contributed by atoms with E-state index in [1.807, 2.05) is 0 Å². The summed E-state index contributed by atoms with van der Waals surface area (Å²) >= 11 is 0. The first kappa shape index (κ1) is 18.7. The molecule has 1 saturated heterocycles. The first-order chi connectivity index (χ1) is 8.46. The summed E-state index contributed by atoms with van der Waals surface area (Å²) in [5.41, 5.74) is 5.52. The number of carbonyl (C=O) groups excluding carboxylic acids is 1. The second-order valence-electron chi connectivity index (χ2n) is 6.11. The van der Waals surface area contributed by atoms with E-state index in [0.717, 1.165) is 32.5 Å². The lowest BCUT2D eigenvalue weighted by Crippen LogP contribution is -2.49. The zero-order chi connectivity index (χ0) is 13.6. The number of amides is 1. The molecule has 1 heterocycles. The number of piperidine rings is 1. The zero-order valence-corrected chi connectivity index (χ0v) is 13.4. The fraction of sp³-hybridized carbons (Fsp3) is 0.929. The van der Waals surface area contributed by atoms with Crippen molar-refractivity contribution in [2.24, 2.45) is 11.7 Å². The van der Waals surface area contributed by atoms with E-state index in [9.17, 15) is 4.79 Å². The predicted molar refractivity (Wildman–Crippen MR) is 82.6 cm³/mol. The van der Waals surface area contributed by atoms with Gasteiger partial charge >= 0.3 is 0 Å². The predicted octanol–water partition coefficient (Wildman–Crippen LogP) is 1.77. The monoisotopic (exact) mass is 291 g/mol. The number of halogens is 1. The Bertz CT molecular complexity index is 269. The van der Waals surface area contributed by atoms with Crippen LogP contribution in [0.15, 0.2) is 0 Å². The summed E-state index contributed by atoms with van der Waals surface area (Å²) in [5, 5.41) is 3.09. The van der Waals surface area contributed by atoms with Crippen LogP contribution in [0.4, 0.5) is 0 Å². The maximum absolute atomic E-state index is 12.0. The lowest BCUT2D eigenvalue weighted by Gasteiger charge is -2.33. The Morgan fingerprint density at radius 2 is 2.16 bits per heavy atom. The summed E-state index contributed by atoms with van der Waals surface area (Å²) in [7, 11) is 0. The van der Waals surface area contributed by atoms with Crippen LogP contribution in [-0.2, 0) is 4.79 Å². The molecule has 1 atom stereocenters. The molecule has 5 heteroatoms. The van der Waals surface area contributed by atoms with Crippen LogP contribution in [0.1, 0.15) is 46.5 Å². The first-order valence-electron chi connectivity index (χ1n) is 7.20. The molecule has 1 unspecified atom stereocenters. The van der Waals surface area contributed by atoms with Crippen molar-refractivity contribution < 1.29 is 4.79 Å². The number of carbonyl (C=O) groups is 1. The Morgan fingerprint density at radius 1 is 1.47 bits per heavy atom. The van der Waals surface area contributed by atoms with Crippen LogP contribution in [0.5, 0.6) is 0 Å². The summed E-state index contributed by atoms with van der Waals surface area (Å²) in [4.78, 5) is 14.2. The van der Waals surface area contributed by atoms with Crippen LogP contribution in [0, 0.1) is 5.92 Å². The van der Waals surface area contributed by atoms with E-state index in [-0.39, 0.29) is 23.9 Å². The molecule has 19 heavy (non-hydrogen) atoms. The van der Waals surface area contributed by atoms with Gasteiger partial charge in [0.1, 0.15) is 0 Å². The molecule has 0 aromatic heterocycles. The summed E-state index contributed by atoms with van der Waals surface area (Å²) in [5.74, 6) is 0.825. The Labute approximate surface area is 123 Å². The van der Waals surface area contributed by atoms with E-state index in [1.165, 1.54) is 12.8 Å². The van der Waals surface area contributed by atoms with Crippen molar-refractivity contribution in [2.45, 2.75) is 52.0 Å². The Balaban J connectivity index is 0.00000324. The Morgan fingerprint density at radius 3 is 2.74 bits per heavy atom. The van der Waals surface area contributed by atoms with Crippen molar-refractivity contribution >= 4 is 18.3 Å². The highest BCUT2D eigenvalue weighted by atomic mass is 35.5. The molecule has 3 N–H and O–H groups in total. The molecule has 1 amide bonds. The van der Waals surface area contributed by atoms with Gasteiger partial charge in [-0.3, -0.25) is 9.69 Å². The SMILES string of the molecule is CCC(C)(C)NC(=O)CN1CCCC(CCN)C1.Cl. The lowest BCUT2D eigenvalue weighted by atomic mass is 9.95. The van der Waals surface area contributed by atoms with Crippen molar-refractivity contribution in [3.63, 3.8) is 0 Å². The fourth-order valence-electron chi connectivity index (χ4n) is 2.47. The van der Waals surface area contributed by atoms with E-state index >= 15 is 0 Å². The van der Waals surface area contributed by atoms with Crippen LogP contribution in [-0.4, -0.2) is 42.5 Å². The van der Waals surface area contributed by atoms with Crippen LogP contribution in [0.3, 0.4) is 0 Å². The van der Waals surface area contributed by atoms with Gasteiger partial charge in [0.05, 0.1) is 6.54 Å². The lowest BCUT2D eigenvalue weighted by molar-refractivity contribution is -0.124. The third-order valence-corrected chi connectivity index (χ3v) is 3.91. The minimum atomic E-state index is -0.0937. The number of likely N-dealkylation sites (tertiary alicyclic amines) is 1. The third kappa shape index (κ3) is 7.14. The number of nitrogens with two attached hydrogens (primary N) is 1. The van der Waals surface area contributed by atoms with Gasteiger partial charge in [0.2, 0.25) is 5.91 Å². The van der Waals surface area contributed by atoms with Crippen molar-refractivity contribution in [3.05, 3.63) is 0 Å². The minimum absolute atomic E-state index is 0. The van der Waals surface area contributed by atoms with Crippen molar-refractivity contribution in [3.8, 4) is 0 Å². The highest BCUT2D eigenvalue weighted by molar-refractivity contribution is 5.85. The third-order valence-electron chi connectivity index (χ3n) is 3.91. The largest absolute Gasteiger partial charge is 0.350 e. The van der Waals surface area contributed by atoms with E-state index in [2.05, 4.69) is 31.0 Å². The molecule has 1 aliphatic rings. The minimum Gasteiger partial charge on any atom is -0.350 e. The smallest absolute Gasteiger partial charge is 0.234 e. The number of rotatable bonds is 6. The van der Waals surface area contributed by atoms with Gasteiger partial charge in [0, 0.05) is 12.1 Å². The van der Waals surface area contributed by atoms with Gasteiger partial charge in [-0.05, 0) is 58.5 Å². The fourth-order valence-corrected chi connectivity index (χ4v) is 2.47. The molecule has 1 fully saturated rings. The van der Waals surface area contributed by atoms with Gasteiger partial charge in [0.25, 0.3) is 0 Å². The first-order valence-corrected chi connectivity index (χ1v) is 7.20. The molecule has 0 radical (unpaired) electrons. The zero-order valence-electron chi connectivity index (χ0n) is 12.6. The summed E-state index contributed by atoms with van der Waals surface area (Å²) in [6.07, 6.45) is 4.48. The van der Waals surface area contributed by atoms with Gasteiger partial charge in [-0.2, -0.15) is 0 Å². The number of hydrogen-bond acceptors (Lipinski definition) is 3. The maximum atomic E-state index is 12.0. The molecule has 1 rings (SSSR count). The summed E-state index contributed by atoms with van der Waals surface area (Å²) < 4.78 is 0. The van der Waals surface area contributed by atoms with Gasteiger partial charge < -0.3 is 11.1 Å². The molecule has 0 bridgehead atoms. The number of nitrogens with one attached hydrogen (secondary N) is 1. The second-order valence-corrected chi connectivity index (χ2v) is 6.11. The molecule has 0 aromatic carbocycles. The van der Waals surface area contributed by atoms with E-state index in [1.54, 1.807) is 0 Å². The molecule has 114 valence electrons. The quantitative estimate of drug-likeness (QED) is 0.784. The van der Waals surface area contributed by atoms with Crippen LogP contribution in [0.2, 0.25) is 0 Å². The van der Waals surface area contributed by atoms with E-state index in [4.69, 9.17) is 5.73 Å². The second kappa shape index (κ2) is 8.77. The normalized spacial score (nSPS) is 20.7. The van der Waals surface area contributed by atoms with Gasteiger partial charge in [-0.15, -0.1) is 12.4 Å². The topological polar surface area (TPSA) is 58.4 Å². The molecular formula is C14H30ClN3O. The average Bonchev–Trinajstić information content (AvgIpc) is 2.29. The van der Waals surface area contributed by atoms with E-state index in [0.29, 0.717) is 12.5 Å². The molecule has 0 aromatic rings. The van der Waals surface area contributed by atoms with Gasteiger partial charge in [0.15, 0.2) is 0 Å². The average molecular weight is 292 g/mol. The summed E-state index contributed by atoms with van der Waals surface area (Å²) in [6.45, 7) is 9.59. The molecule has 0 aliphatic carbocycles. The standard InChI is InChI=1S/C14H29N3O.ClH/c1-4-14(2,3)16-13(18)11-17-9-5-6-12(10-17)7-8-15;/h12H,4-11,15H2,1-3H3,(H,16,18);1H. The number of nitrogens with zero attached hydrogens (tertiary/aromatic N) is 1. The Kier molecular flexibility index (Phi) is 8.62. The molecule has 0 spiro atoms.